The molecule has 0 spiro atoms. The molecule has 4 heteroatoms. The Morgan fingerprint density at radius 3 is 0.631 bits per heavy atom. The number of rotatable bonds is 14. The van der Waals surface area contributed by atoms with Gasteiger partial charge < -0.3 is 9.80 Å². The SMILES string of the molecule is Cc1cc(-c2ccccc2)ccc1-c1c2ccc(-c3ccccc3)cc2c(-c2ccc(-c3ccccc3)cc2C)c2ccc(-c3ccccc3)cc12.c1ccc(-c2ccccc2-c2c3ccc(-c4ccc(N5c6ccccc6Sc6ccccc65)cc4)cc3c(-c3ccccc3-c3ccccc3)c3ccc(-c4ccc(N5c6ccccc6Sc6ccccc65)cc4)cc23)cc1. The summed E-state index contributed by atoms with van der Waals surface area (Å²) in [6.45, 7) is 4.53. The number of para-hydroxylation sites is 4. The van der Waals surface area contributed by atoms with Crippen molar-refractivity contribution in [3.8, 4) is 134 Å². The Labute approximate surface area is 768 Å². The molecule has 22 aromatic carbocycles. The molecule has 0 amide bonds. The van der Waals surface area contributed by atoms with Gasteiger partial charge in [0.15, 0.2) is 0 Å². The molecule has 0 radical (unpaired) electrons. The molecule has 0 atom stereocenters. The van der Waals surface area contributed by atoms with Gasteiger partial charge in [0.1, 0.15) is 0 Å². The molecule has 2 aliphatic heterocycles. The zero-order valence-corrected chi connectivity index (χ0v) is 73.5. The van der Waals surface area contributed by atoms with Crippen molar-refractivity contribution in [1.82, 2.24) is 0 Å². The summed E-state index contributed by atoms with van der Waals surface area (Å²) in [5.41, 5.74) is 38.8. The monoisotopic (exact) mass is 1690 g/mol. The normalized spacial score (nSPS) is 12.0. The third-order valence-corrected chi connectivity index (χ3v) is 28.3. The molecule has 0 fully saturated rings. The molecule has 130 heavy (non-hydrogen) atoms. The molecule has 0 saturated heterocycles. The van der Waals surface area contributed by atoms with Crippen molar-refractivity contribution in [2.45, 2.75) is 33.4 Å². The van der Waals surface area contributed by atoms with E-state index in [1.165, 1.54) is 219 Å². The van der Waals surface area contributed by atoms with Crippen LogP contribution in [0.25, 0.3) is 177 Å². The van der Waals surface area contributed by atoms with E-state index in [0.29, 0.717) is 0 Å². The number of benzene rings is 22. The summed E-state index contributed by atoms with van der Waals surface area (Å²) >= 11 is 3.68. The van der Waals surface area contributed by atoms with Crippen LogP contribution in [-0.4, -0.2) is 0 Å². The van der Waals surface area contributed by atoms with Gasteiger partial charge in [-0.25, -0.2) is 0 Å². The Morgan fingerprint density at radius 1 is 0.146 bits per heavy atom. The van der Waals surface area contributed by atoms with Crippen LogP contribution in [0.4, 0.5) is 34.1 Å². The molecule has 0 aromatic heterocycles. The van der Waals surface area contributed by atoms with E-state index >= 15 is 0 Å². The van der Waals surface area contributed by atoms with Crippen LogP contribution in [0.3, 0.4) is 0 Å². The minimum Gasteiger partial charge on any atom is -0.308 e. The molecule has 612 valence electrons. The van der Waals surface area contributed by atoms with Crippen LogP contribution in [0, 0.1) is 13.8 Å². The summed E-state index contributed by atoms with van der Waals surface area (Å²) in [7, 11) is 0. The summed E-state index contributed by atoms with van der Waals surface area (Å²) < 4.78 is 0. The largest absolute Gasteiger partial charge is 0.308 e. The number of fused-ring (bicyclic) bond motifs is 8. The van der Waals surface area contributed by atoms with Crippen LogP contribution in [-0.2, 0) is 0 Å². The zero-order chi connectivity index (χ0) is 86.5. The van der Waals surface area contributed by atoms with Gasteiger partial charge in [-0.2, -0.15) is 0 Å². The maximum Gasteiger partial charge on any atom is 0.0601 e. The molecular formula is C126H86N2S2. The Hall–Kier alpha value is -15.8. The molecule has 2 nitrogen and oxygen atoms in total. The maximum atomic E-state index is 2.46. The Bertz CT molecular complexity index is 7510. The second-order valence-electron chi connectivity index (χ2n) is 33.7. The van der Waals surface area contributed by atoms with Gasteiger partial charge in [-0.3, -0.25) is 0 Å². The average Bonchev–Trinajstić information content (AvgIpc) is 0.711. The van der Waals surface area contributed by atoms with Crippen LogP contribution >= 0.6 is 23.5 Å². The lowest BCUT2D eigenvalue weighted by atomic mass is 9.81. The van der Waals surface area contributed by atoms with E-state index in [4.69, 9.17) is 0 Å². The fourth-order valence-electron chi connectivity index (χ4n) is 19.8. The van der Waals surface area contributed by atoms with Crippen molar-refractivity contribution in [2.24, 2.45) is 0 Å². The van der Waals surface area contributed by atoms with Crippen LogP contribution in [0.5, 0.6) is 0 Å². The molecule has 2 heterocycles. The van der Waals surface area contributed by atoms with Crippen LogP contribution in [0.15, 0.2) is 505 Å². The predicted molar refractivity (Wildman–Crippen MR) is 555 cm³/mol. The summed E-state index contributed by atoms with van der Waals surface area (Å²) in [6, 6.07) is 178. The quantitative estimate of drug-likeness (QED) is 0.100. The molecule has 24 rings (SSSR count). The van der Waals surface area contributed by atoms with Gasteiger partial charge in [0.05, 0.1) is 22.7 Å². The fourth-order valence-corrected chi connectivity index (χ4v) is 21.9. The third kappa shape index (κ3) is 14.6. The zero-order valence-electron chi connectivity index (χ0n) is 71.9. The van der Waals surface area contributed by atoms with Gasteiger partial charge in [-0.05, 0) is 299 Å². The number of nitrogens with zero attached hydrogens (tertiary/aromatic N) is 2. The molecule has 22 aromatic rings. The van der Waals surface area contributed by atoms with Crippen LogP contribution < -0.4 is 9.80 Å². The van der Waals surface area contributed by atoms with Crippen LogP contribution in [0.1, 0.15) is 11.1 Å². The molecule has 0 N–H and O–H groups in total. The summed E-state index contributed by atoms with van der Waals surface area (Å²) in [6.07, 6.45) is 0. The number of anilines is 6. The molecule has 0 unspecified atom stereocenters. The van der Waals surface area contributed by atoms with E-state index in [1.54, 1.807) is 0 Å². The second-order valence-corrected chi connectivity index (χ2v) is 35.9. The molecule has 0 aliphatic carbocycles. The van der Waals surface area contributed by atoms with Crippen molar-refractivity contribution >= 4 is 101 Å². The first-order valence-electron chi connectivity index (χ1n) is 44.7. The number of hydrogen-bond donors (Lipinski definition) is 0. The summed E-state index contributed by atoms with van der Waals surface area (Å²) in [5.74, 6) is 0. The summed E-state index contributed by atoms with van der Waals surface area (Å²) in [5, 5.41) is 9.87. The van der Waals surface area contributed by atoms with Crippen molar-refractivity contribution in [3.05, 3.63) is 496 Å². The van der Waals surface area contributed by atoms with E-state index in [2.05, 4.69) is 509 Å². The maximum absolute atomic E-state index is 2.46. The minimum atomic E-state index is 1.13. The van der Waals surface area contributed by atoms with Gasteiger partial charge in [-0.15, -0.1) is 0 Å². The third-order valence-electron chi connectivity index (χ3n) is 26.0. The van der Waals surface area contributed by atoms with Gasteiger partial charge in [0.25, 0.3) is 0 Å². The molecular weight excluding hydrogens is 1610 g/mol. The topological polar surface area (TPSA) is 6.48 Å². The first-order chi connectivity index (χ1) is 64.3. The highest BCUT2D eigenvalue weighted by molar-refractivity contribution is 8.00. The van der Waals surface area contributed by atoms with Gasteiger partial charge in [0.2, 0.25) is 0 Å². The van der Waals surface area contributed by atoms with Crippen molar-refractivity contribution in [3.63, 3.8) is 0 Å². The highest BCUT2D eigenvalue weighted by Crippen LogP contribution is 2.56. The molecule has 2 aliphatic rings. The van der Waals surface area contributed by atoms with E-state index in [1.807, 2.05) is 23.5 Å². The lowest BCUT2D eigenvalue weighted by Crippen LogP contribution is -2.14. The van der Waals surface area contributed by atoms with Crippen molar-refractivity contribution in [2.75, 3.05) is 9.80 Å². The van der Waals surface area contributed by atoms with E-state index in [9.17, 15) is 0 Å². The standard InChI is InChI=1S/C74H48N2S2.C52H38/c1-3-19-51(20-4-1)57-23-7-9-25-59(57)73-61-45-39-54(50-37-43-56(44-38-50)76-67-29-13-17-33-71(67)78-72-34-18-14-30-68(72)76)48-64(61)74(60-26-10-8-24-58(60)52-21-5-2-6-22-52)62-46-40-53(47-63(62)73)49-35-41-55(42-36-49)75-65-27-11-15-31-69(65)77-70-32-16-12-28-66(70)75;1-35-31-41(37-15-7-3-8-16-37)23-27-45(35)51-47-29-25-44(40-21-13-6-14-22-40)34-50(47)52(46-28-24-42(32-36(46)2)38-17-9-4-10-18-38)48-30-26-43(33-49(48)51)39-19-11-5-12-20-39/h1-48H;3-34H,1-2H3. The van der Waals surface area contributed by atoms with Crippen molar-refractivity contribution < 1.29 is 0 Å². The smallest absolute Gasteiger partial charge is 0.0601 e. The highest BCUT2D eigenvalue weighted by Gasteiger charge is 2.30. The lowest BCUT2D eigenvalue weighted by Gasteiger charge is -2.32. The van der Waals surface area contributed by atoms with Gasteiger partial charge >= 0.3 is 0 Å². The summed E-state index contributed by atoms with van der Waals surface area (Å²) in [4.78, 5) is 9.83. The number of hydrogen-bond acceptors (Lipinski definition) is 4. The highest BCUT2D eigenvalue weighted by atomic mass is 32.2. The van der Waals surface area contributed by atoms with Gasteiger partial charge in [0, 0.05) is 31.0 Å². The fraction of sp³-hybridized carbons (Fsp3) is 0.0159. The minimum absolute atomic E-state index is 1.13. The Morgan fingerprint density at radius 2 is 0.354 bits per heavy atom. The number of aryl methyl sites for hydroxylation is 2. The van der Waals surface area contributed by atoms with E-state index < -0.39 is 0 Å². The molecule has 0 bridgehead atoms. The first-order valence-corrected chi connectivity index (χ1v) is 46.3. The van der Waals surface area contributed by atoms with E-state index in [0.717, 1.165) is 22.5 Å². The Balaban J connectivity index is 0.000000161. The first kappa shape index (κ1) is 78.9. The van der Waals surface area contributed by atoms with Crippen molar-refractivity contribution in [1.29, 1.82) is 0 Å². The van der Waals surface area contributed by atoms with Crippen LogP contribution in [0.2, 0.25) is 0 Å². The predicted octanol–water partition coefficient (Wildman–Crippen LogP) is 36.5. The van der Waals surface area contributed by atoms with Gasteiger partial charge in [-0.1, -0.05) is 412 Å². The molecule has 0 saturated carbocycles. The second kappa shape index (κ2) is 34.2. The lowest BCUT2D eigenvalue weighted by molar-refractivity contribution is 1.17. The Kier molecular flexibility index (Phi) is 20.7. The van der Waals surface area contributed by atoms with E-state index in [-0.39, 0.29) is 0 Å². The average molecular weight is 1690 g/mol.